The van der Waals surface area contributed by atoms with E-state index >= 15 is 0 Å². The number of ether oxygens (including phenoxy) is 2. The third-order valence-corrected chi connectivity index (χ3v) is 5.14. The first-order chi connectivity index (χ1) is 14.1. The molecule has 0 unspecified atom stereocenters. The van der Waals surface area contributed by atoms with Crippen molar-refractivity contribution < 1.29 is 19.1 Å². The van der Waals surface area contributed by atoms with Crippen molar-refractivity contribution >= 4 is 12.1 Å². The predicted octanol–water partition coefficient (Wildman–Crippen LogP) is 4.26. The summed E-state index contributed by atoms with van der Waals surface area (Å²) in [7, 11) is 1.63. The van der Waals surface area contributed by atoms with E-state index in [1.54, 1.807) is 12.0 Å². The molecule has 3 amide bonds. The Bertz CT molecular complexity index is 715. The number of nitrogens with zero attached hydrogens (tertiary/aromatic N) is 2. The molecule has 2 rings (SSSR count). The third-order valence-electron chi connectivity index (χ3n) is 5.14. The summed E-state index contributed by atoms with van der Waals surface area (Å²) in [6.45, 7) is 12.0. The molecule has 0 radical (unpaired) electrons. The molecule has 1 atom stereocenters. The largest absolute Gasteiger partial charge is 0.496 e. The first-order valence-electron chi connectivity index (χ1n) is 10.7. The molecule has 1 heterocycles. The highest BCUT2D eigenvalue weighted by molar-refractivity contribution is 5.74. The lowest BCUT2D eigenvalue weighted by molar-refractivity contribution is 0.0131. The van der Waals surface area contributed by atoms with E-state index in [0.717, 1.165) is 30.7 Å². The fraction of sp³-hybridized carbons (Fsp3) is 0.652. The molecule has 7 nitrogen and oxygen atoms in total. The lowest BCUT2D eigenvalue weighted by Crippen LogP contribution is -2.50. The average Bonchev–Trinajstić information content (AvgIpc) is 2.69. The highest BCUT2D eigenvalue weighted by Gasteiger charge is 2.30. The number of rotatable bonds is 6. The summed E-state index contributed by atoms with van der Waals surface area (Å²) in [6, 6.07) is 7.62. The fourth-order valence-electron chi connectivity index (χ4n) is 3.63. The van der Waals surface area contributed by atoms with Crippen molar-refractivity contribution in [3.05, 3.63) is 29.8 Å². The van der Waals surface area contributed by atoms with E-state index in [2.05, 4.69) is 5.32 Å². The van der Waals surface area contributed by atoms with E-state index in [1.165, 1.54) is 0 Å². The molecule has 7 heteroatoms. The number of para-hydroxylation sites is 1. The van der Waals surface area contributed by atoms with Crippen LogP contribution in [0.25, 0.3) is 0 Å². The maximum Gasteiger partial charge on any atom is 0.410 e. The molecule has 1 aromatic carbocycles. The summed E-state index contributed by atoms with van der Waals surface area (Å²) < 4.78 is 10.9. The van der Waals surface area contributed by atoms with Crippen LogP contribution in [0.2, 0.25) is 0 Å². The van der Waals surface area contributed by atoms with Crippen LogP contribution in [0, 0.1) is 5.92 Å². The second-order valence-corrected chi connectivity index (χ2v) is 9.15. The maximum atomic E-state index is 12.7. The van der Waals surface area contributed by atoms with Crippen molar-refractivity contribution in [1.29, 1.82) is 0 Å². The number of carbonyl (C=O) groups excluding carboxylic acids is 2. The Kier molecular flexibility index (Phi) is 8.38. The molecular weight excluding hydrogens is 382 g/mol. The van der Waals surface area contributed by atoms with Crippen molar-refractivity contribution in [2.45, 2.75) is 65.6 Å². The topological polar surface area (TPSA) is 71.1 Å². The van der Waals surface area contributed by atoms with Crippen LogP contribution in [0.4, 0.5) is 9.59 Å². The second-order valence-electron chi connectivity index (χ2n) is 9.15. The molecule has 1 aliphatic rings. The number of piperidine rings is 1. The molecular formula is C23H37N3O4. The van der Waals surface area contributed by atoms with E-state index in [1.807, 2.05) is 63.8 Å². The van der Waals surface area contributed by atoms with Gasteiger partial charge in [-0.15, -0.1) is 0 Å². The first-order valence-corrected chi connectivity index (χ1v) is 10.7. The quantitative estimate of drug-likeness (QED) is 0.748. The van der Waals surface area contributed by atoms with Gasteiger partial charge < -0.3 is 24.6 Å². The van der Waals surface area contributed by atoms with Gasteiger partial charge in [-0.3, -0.25) is 0 Å². The second kappa shape index (κ2) is 10.5. The van der Waals surface area contributed by atoms with Gasteiger partial charge in [-0.05, 0) is 59.4 Å². The molecule has 0 aromatic heterocycles. The monoisotopic (exact) mass is 419 g/mol. The van der Waals surface area contributed by atoms with Crippen LogP contribution >= 0.6 is 0 Å². The summed E-state index contributed by atoms with van der Waals surface area (Å²) in [4.78, 5) is 28.9. The Labute approximate surface area is 180 Å². The van der Waals surface area contributed by atoms with Gasteiger partial charge in [-0.25, -0.2) is 9.59 Å². The molecule has 1 aliphatic heterocycles. The van der Waals surface area contributed by atoms with Crippen LogP contribution in [0.3, 0.4) is 0 Å². The van der Waals surface area contributed by atoms with Crippen molar-refractivity contribution in [1.82, 2.24) is 15.1 Å². The fourth-order valence-corrected chi connectivity index (χ4v) is 3.63. The van der Waals surface area contributed by atoms with Gasteiger partial charge in [0.25, 0.3) is 0 Å². The number of carbonyl (C=O) groups is 2. The molecule has 0 bridgehead atoms. The zero-order chi connectivity index (χ0) is 22.3. The Morgan fingerprint density at radius 2 is 1.97 bits per heavy atom. The van der Waals surface area contributed by atoms with Crippen molar-refractivity contribution in [3.63, 3.8) is 0 Å². The van der Waals surface area contributed by atoms with Crippen LogP contribution in [0.15, 0.2) is 24.3 Å². The number of hydrogen-bond acceptors (Lipinski definition) is 4. The van der Waals surface area contributed by atoms with Gasteiger partial charge >= 0.3 is 12.1 Å². The minimum atomic E-state index is -0.527. The highest BCUT2D eigenvalue weighted by atomic mass is 16.6. The van der Waals surface area contributed by atoms with Gasteiger partial charge in [0.1, 0.15) is 11.4 Å². The molecule has 0 spiro atoms. The molecule has 1 N–H and O–H groups in total. The molecule has 168 valence electrons. The molecule has 30 heavy (non-hydrogen) atoms. The number of hydrogen-bond donors (Lipinski definition) is 1. The lowest BCUT2D eigenvalue weighted by Gasteiger charge is -2.37. The molecule has 0 aliphatic carbocycles. The molecule has 0 saturated carbocycles. The Hall–Kier alpha value is -2.44. The minimum absolute atomic E-state index is 0.0367. The standard InChI is InChI=1S/C23H37N3O4/c1-17(2)26(22(28)30-23(3,4)5)16-18-10-9-13-25(15-18)21(27)24-14-19-11-7-8-12-20(19)29-6/h7-8,11-12,17-18H,9-10,13-16H2,1-6H3,(H,24,27)/t18-/m0/s1. The number of amides is 3. The highest BCUT2D eigenvalue weighted by Crippen LogP contribution is 2.21. The average molecular weight is 420 g/mol. The van der Waals surface area contributed by atoms with Crippen molar-refractivity contribution in [3.8, 4) is 5.75 Å². The van der Waals surface area contributed by atoms with E-state index in [-0.39, 0.29) is 24.1 Å². The van der Waals surface area contributed by atoms with Crippen LogP contribution in [-0.4, -0.2) is 60.3 Å². The van der Waals surface area contributed by atoms with E-state index in [9.17, 15) is 9.59 Å². The summed E-state index contributed by atoms with van der Waals surface area (Å²) in [6.07, 6.45) is 1.62. The van der Waals surface area contributed by atoms with E-state index in [0.29, 0.717) is 19.6 Å². The van der Waals surface area contributed by atoms with Gasteiger partial charge in [-0.1, -0.05) is 18.2 Å². The van der Waals surface area contributed by atoms with Gasteiger partial charge in [0.15, 0.2) is 0 Å². The number of likely N-dealkylation sites (tertiary alicyclic amines) is 1. The summed E-state index contributed by atoms with van der Waals surface area (Å²) in [5, 5.41) is 3.00. The first kappa shape index (κ1) is 23.8. The summed E-state index contributed by atoms with van der Waals surface area (Å²) >= 11 is 0. The SMILES string of the molecule is COc1ccccc1CNC(=O)N1CCC[C@H](CN(C(=O)OC(C)(C)C)C(C)C)C1. The zero-order valence-electron chi connectivity index (χ0n) is 19.2. The van der Waals surface area contributed by atoms with Crippen LogP contribution in [0.5, 0.6) is 5.75 Å². The number of methoxy groups -OCH3 is 1. The van der Waals surface area contributed by atoms with Crippen LogP contribution in [0.1, 0.15) is 53.0 Å². The van der Waals surface area contributed by atoms with Gasteiger partial charge in [0.2, 0.25) is 0 Å². The van der Waals surface area contributed by atoms with E-state index in [4.69, 9.17) is 9.47 Å². The Morgan fingerprint density at radius 1 is 1.27 bits per heavy atom. The number of benzene rings is 1. The van der Waals surface area contributed by atoms with Crippen molar-refractivity contribution in [2.75, 3.05) is 26.7 Å². The Balaban J connectivity index is 1.93. The summed E-state index contributed by atoms with van der Waals surface area (Å²) in [5.41, 5.74) is 0.416. The smallest absolute Gasteiger partial charge is 0.410 e. The molecule has 1 saturated heterocycles. The maximum absolute atomic E-state index is 12.7. The normalized spacial score (nSPS) is 16.9. The molecule has 1 aromatic rings. The summed E-state index contributed by atoms with van der Waals surface area (Å²) in [5.74, 6) is 0.991. The molecule has 1 fully saturated rings. The minimum Gasteiger partial charge on any atom is -0.496 e. The number of urea groups is 1. The Morgan fingerprint density at radius 3 is 2.60 bits per heavy atom. The van der Waals surface area contributed by atoms with Gasteiger partial charge in [-0.2, -0.15) is 0 Å². The number of nitrogens with one attached hydrogen (secondary N) is 1. The zero-order valence-corrected chi connectivity index (χ0v) is 19.2. The van der Waals surface area contributed by atoms with Gasteiger partial charge in [0.05, 0.1) is 7.11 Å². The van der Waals surface area contributed by atoms with Crippen LogP contribution < -0.4 is 10.1 Å². The third kappa shape index (κ3) is 7.11. The van der Waals surface area contributed by atoms with Gasteiger partial charge in [0, 0.05) is 37.8 Å². The predicted molar refractivity (Wildman–Crippen MR) is 118 cm³/mol. The van der Waals surface area contributed by atoms with E-state index < -0.39 is 5.60 Å². The lowest BCUT2D eigenvalue weighted by atomic mass is 9.97. The van der Waals surface area contributed by atoms with Crippen molar-refractivity contribution in [2.24, 2.45) is 5.92 Å². The van der Waals surface area contributed by atoms with Crippen LogP contribution in [-0.2, 0) is 11.3 Å².